The van der Waals surface area contributed by atoms with Crippen LogP contribution in [0, 0.1) is 5.92 Å². The second-order valence-electron chi connectivity index (χ2n) is 4.40. The van der Waals surface area contributed by atoms with Crippen molar-refractivity contribution in [1.29, 1.82) is 0 Å². The Bertz CT molecular complexity index is 416. The van der Waals surface area contributed by atoms with Crippen LogP contribution in [0.15, 0.2) is 36.7 Å². The van der Waals surface area contributed by atoms with Gasteiger partial charge in [-0.1, -0.05) is 12.2 Å². The maximum atomic E-state index is 11.9. The zero-order valence-electron chi connectivity index (χ0n) is 9.84. The smallest absolute Gasteiger partial charge is 0.227 e. The first-order chi connectivity index (χ1) is 8.16. The standard InChI is InChI=1S/C13H17N3O/c1-9(10-4-6-15-7-5-10)16-13(17)11-2-3-12(14)8-11/h2-7,9,11-12H,8,14H2,1H3,(H,16,17). The van der Waals surface area contributed by atoms with E-state index in [1.54, 1.807) is 12.4 Å². The summed E-state index contributed by atoms with van der Waals surface area (Å²) in [6.45, 7) is 1.96. The first-order valence-corrected chi connectivity index (χ1v) is 5.81. The highest BCUT2D eigenvalue weighted by molar-refractivity contribution is 5.81. The Hall–Kier alpha value is -1.68. The van der Waals surface area contributed by atoms with Crippen molar-refractivity contribution in [3.05, 3.63) is 42.2 Å². The van der Waals surface area contributed by atoms with E-state index in [1.807, 2.05) is 31.2 Å². The van der Waals surface area contributed by atoms with Crippen molar-refractivity contribution in [1.82, 2.24) is 10.3 Å². The quantitative estimate of drug-likeness (QED) is 0.767. The average molecular weight is 231 g/mol. The molecule has 0 saturated heterocycles. The second kappa shape index (κ2) is 5.10. The molecule has 1 aliphatic carbocycles. The number of pyridine rings is 1. The zero-order chi connectivity index (χ0) is 12.3. The number of carbonyl (C=O) groups is 1. The lowest BCUT2D eigenvalue weighted by Gasteiger charge is -2.17. The Morgan fingerprint density at radius 1 is 1.47 bits per heavy atom. The molecule has 4 nitrogen and oxygen atoms in total. The monoisotopic (exact) mass is 231 g/mol. The van der Waals surface area contributed by atoms with Crippen molar-refractivity contribution in [3.63, 3.8) is 0 Å². The molecule has 0 spiro atoms. The van der Waals surface area contributed by atoms with Crippen LogP contribution in [0.1, 0.15) is 24.9 Å². The summed E-state index contributed by atoms with van der Waals surface area (Å²) in [7, 11) is 0. The van der Waals surface area contributed by atoms with Gasteiger partial charge in [-0.3, -0.25) is 9.78 Å². The third-order valence-electron chi connectivity index (χ3n) is 3.02. The molecule has 0 fully saturated rings. The molecule has 0 bridgehead atoms. The summed E-state index contributed by atoms with van der Waals surface area (Å²) < 4.78 is 0. The van der Waals surface area contributed by atoms with Gasteiger partial charge in [0, 0.05) is 18.4 Å². The van der Waals surface area contributed by atoms with Gasteiger partial charge in [-0.25, -0.2) is 0 Å². The summed E-state index contributed by atoms with van der Waals surface area (Å²) in [4.78, 5) is 15.9. The van der Waals surface area contributed by atoms with E-state index in [0.717, 1.165) is 5.56 Å². The molecule has 0 radical (unpaired) electrons. The van der Waals surface area contributed by atoms with Gasteiger partial charge < -0.3 is 11.1 Å². The fraction of sp³-hybridized carbons (Fsp3) is 0.385. The van der Waals surface area contributed by atoms with Gasteiger partial charge in [-0.2, -0.15) is 0 Å². The molecule has 1 heterocycles. The van der Waals surface area contributed by atoms with E-state index >= 15 is 0 Å². The van der Waals surface area contributed by atoms with Gasteiger partial charge in [0.2, 0.25) is 5.91 Å². The van der Waals surface area contributed by atoms with Crippen LogP contribution in [0.5, 0.6) is 0 Å². The molecule has 4 heteroatoms. The largest absolute Gasteiger partial charge is 0.349 e. The molecule has 2 rings (SSSR count). The molecule has 1 amide bonds. The molecule has 3 N–H and O–H groups in total. The van der Waals surface area contributed by atoms with Crippen LogP contribution in [0.25, 0.3) is 0 Å². The summed E-state index contributed by atoms with van der Waals surface area (Å²) in [5.41, 5.74) is 6.78. The predicted octanol–water partition coefficient (Wildman–Crippen LogP) is 1.16. The maximum Gasteiger partial charge on any atom is 0.227 e. The van der Waals surface area contributed by atoms with Crippen molar-refractivity contribution in [2.24, 2.45) is 11.7 Å². The van der Waals surface area contributed by atoms with Gasteiger partial charge in [0.1, 0.15) is 0 Å². The molecule has 1 aromatic heterocycles. The van der Waals surface area contributed by atoms with Crippen molar-refractivity contribution in [2.45, 2.75) is 25.4 Å². The zero-order valence-corrected chi connectivity index (χ0v) is 9.84. The lowest BCUT2D eigenvalue weighted by molar-refractivity contribution is -0.124. The minimum Gasteiger partial charge on any atom is -0.349 e. The number of nitrogens with two attached hydrogens (primary N) is 1. The predicted molar refractivity (Wildman–Crippen MR) is 66.0 cm³/mol. The number of carbonyl (C=O) groups excluding carboxylic acids is 1. The fourth-order valence-electron chi connectivity index (χ4n) is 1.98. The normalized spacial score (nSPS) is 24.6. The van der Waals surface area contributed by atoms with Crippen LogP contribution in [0.3, 0.4) is 0 Å². The van der Waals surface area contributed by atoms with Crippen molar-refractivity contribution in [3.8, 4) is 0 Å². The van der Waals surface area contributed by atoms with Crippen LogP contribution >= 0.6 is 0 Å². The molecule has 3 atom stereocenters. The molecule has 1 aliphatic rings. The molecule has 0 saturated carbocycles. The minimum atomic E-state index is -0.0886. The van der Waals surface area contributed by atoms with E-state index in [2.05, 4.69) is 10.3 Å². The summed E-state index contributed by atoms with van der Waals surface area (Å²) in [5, 5.41) is 2.99. The first kappa shape index (κ1) is 11.8. The highest BCUT2D eigenvalue weighted by Crippen LogP contribution is 2.18. The molecule has 90 valence electrons. The highest BCUT2D eigenvalue weighted by atomic mass is 16.1. The highest BCUT2D eigenvalue weighted by Gasteiger charge is 2.23. The Morgan fingerprint density at radius 3 is 2.76 bits per heavy atom. The molecule has 0 aromatic carbocycles. The summed E-state index contributed by atoms with van der Waals surface area (Å²) in [5.74, 6) is -0.0483. The summed E-state index contributed by atoms with van der Waals surface area (Å²) in [6.07, 6.45) is 7.93. The van der Waals surface area contributed by atoms with Crippen LogP contribution in [0.2, 0.25) is 0 Å². The Labute approximate surface area is 101 Å². The number of rotatable bonds is 3. The van der Waals surface area contributed by atoms with Gasteiger partial charge >= 0.3 is 0 Å². The van der Waals surface area contributed by atoms with Crippen LogP contribution in [-0.4, -0.2) is 16.9 Å². The van der Waals surface area contributed by atoms with Crippen molar-refractivity contribution < 1.29 is 4.79 Å². The summed E-state index contributed by atoms with van der Waals surface area (Å²) >= 11 is 0. The molecule has 3 unspecified atom stereocenters. The van der Waals surface area contributed by atoms with Crippen molar-refractivity contribution >= 4 is 5.91 Å². The SMILES string of the molecule is CC(NC(=O)C1C=CC(N)C1)c1ccncc1. The van der Waals surface area contributed by atoms with Crippen LogP contribution < -0.4 is 11.1 Å². The van der Waals surface area contributed by atoms with Gasteiger partial charge in [0.25, 0.3) is 0 Å². The van der Waals surface area contributed by atoms with E-state index in [0.29, 0.717) is 6.42 Å². The van der Waals surface area contributed by atoms with E-state index in [-0.39, 0.29) is 23.9 Å². The Kier molecular flexibility index (Phi) is 3.54. The number of hydrogen-bond donors (Lipinski definition) is 2. The third-order valence-corrected chi connectivity index (χ3v) is 3.02. The number of amides is 1. The molecule has 17 heavy (non-hydrogen) atoms. The number of hydrogen-bond acceptors (Lipinski definition) is 3. The molecule has 1 aromatic rings. The third kappa shape index (κ3) is 2.91. The van der Waals surface area contributed by atoms with Gasteiger partial charge in [0.05, 0.1) is 12.0 Å². The Balaban J connectivity index is 1.93. The number of nitrogens with one attached hydrogen (secondary N) is 1. The number of nitrogens with zero attached hydrogens (tertiary/aromatic N) is 1. The fourth-order valence-corrected chi connectivity index (χ4v) is 1.98. The molecule has 0 aliphatic heterocycles. The van der Waals surface area contributed by atoms with Crippen LogP contribution in [-0.2, 0) is 4.79 Å². The molecular formula is C13H17N3O. The number of aromatic nitrogens is 1. The van der Waals surface area contributed by atoms with E-state index in [4.69, 9.17) is 5.73 Å². The maximum absolute atomic E-state index is 11.9. The van der Waals surface area contributed by atoms with Gasteiger partial charge in [-0.05, 0) is 31.0 Å². The first-order valence-electron chi connectivity index (χ1n) is 5.81. The average Bonchev–Trinajstić information content (AvgIpc) is 2.77. The second-order valence-corrected chi connectivity index (χ2v) is 4.40. The van der Waals surface area contributed by atoms with E-state index in [9.17, 15) is 4.79 Å². The lowest BCUT2D eigenvalue weighted by Crippen LogP contribution is -2.32. The van der Waals surface area contributed by atoms with Crippen LogP contribution in [0.4, 0.5) is 0 Å². The molecular weight excluding hydrogens is 214 g/mol. The topological polar surface area (TPSA) is 68.0 Å². The van der Waals surface area contributed by atoms with Gasteiger partial charge in [-0.15, -0.1) is 0 Å². The minimum absolute atomic E-state index is 0.00396. The lowest BCUT2D eigenvalue weighted by atomic mass is 10.1. The van der Waals surface area contributed by atoms with Gasteiger partial charge in [0.15, 0.2) is 0 Å². The summed E-state index contributed by atoms with van der Waals surface area (Å²) in [6, 6.07) is 3.82. The Morgan fingerprint density at radius 2 is 2.18 bits per heavy atom. The van der Waals surface area contributed by atoms with E-state index in [1.165, 1.54) is 0 Å². The van der Waals surface area contributed by atoms with E-state index < -0.39 is 0 Å². The van der Waals surface area contributed by atoms with Crippen molar-refractivity contribution in [2.75, 3.05) is 0 Å².